The number of hydrogen-bond donors (Lipinski definition) is 2. The van der Waals surface area contributed by atoms with E-state index in [2.05, 4.69) is 9.97 Å². The molecule has 0 aliphatic carbocycles. The van der Waals surface area contributed by atoms with E-state index in [0.717, 1.165) is 17.2 Å². The molecule has 1 unspecified atom stereocenters. The maximum atomic E-state index is 5.71. The molecule has 0 aliphatic heterocycles. The first-order valence-electron chi connectivity index (χ1n) is 3.96. The molecule has 4 nitrogen and oxygen atoms in total. The van der Waals surface area contributed by atoms with Gasteiger partial charge in [-0.25, -0.2) is 4.98 Å². The molecule has 3 N–H and O–H groups in total. The smallest absolute Gasteiger partial charge is 0.211 e. The number of nitrogens with two attached hydrogens (primary N) is 1. The van der Waals surface area contributed by atoms with Gasteiger partial charge in [0.25, 0.3) is 0 Å². The predicted molar refractivity (Wildman–Crippen MR) is 46.9 cm³/mol. The lowest BCUT2D eigenvalue weighted by molar-refractivity contribution is 0.788. The van der Waals surface area contributed by atoms with E-state index >= 15 is 0 Å². The van der Waals surface area contributed by atoms with Gasteiger partial charge < -0.3 is 10.7 Å². The van der Waals surface area contributed by atoms with Crippen LogP contribution in [0.2, 0.25) is 0 Å². The second kappa shape index (κ2) is 2.35. The van der Waals surface area contributed by atoms with Crippen LogP contribution in [0.3, 0.4) is 0 Å². The molecule has 4 heteroatoms. The largest absolute Gasteiger partial charge is 0.326 e. The number of imidazole rings is 2. The van der Waals surface area contributed by atoms with Crippen LogP contribution in [0.5, 0.6) is 0 Å². The first-order valence-corrected chi connectivity index (χ1v) is 3.96. The molecule has 2 rings (SSSR count). The molecule has 0 bridgehead atoms. The molecule has 0 saturated carbocycles. The summed E-state index contributed by atoms with van der Waals surface area (Å²) in [4.78, 5) is 7.32. The van der Waals surface area contributed by atoms with Crippen molar-refractivity contribution in [1.29, 1.82) is 0 Å². The molecule has 2 aromatic heterocycles. The number of nitrogens with zero attached hydrogens (tertiary/aromatic N) is 2. The molecule has 0 radical (unpaired) electrons. The third-order valence-corrected chi connectivity index (χ3v) is 2.00. The van der Waals surface area contributed by atoms with Crippen LogP contribution in [-0.4, -0.2) is 14.4 Å². The lowest BCUT2D eigenvalue weighted by Crippen LogP contribution is -2.04. The number of aromatic nitrogens is 3. The fraction of sp³-hybridized carbons (Fsp3) is 0.375. The van der Waals surface area contributed by atoms with Crippen LogP contribution in [0.15, 0.2) is 12.4 Å². The van der Waals surface area contributed by atoms with Gasteiger partial charge in [-0.1, -0.05) is 0 Å². The fourth-order valence-corrected chi connectivity index (χ4v) is 1.23. The second-order valence-corrected chi connectivity index (χ2v) is 3.09. The highest BCUT2D eigenvalue weighted by Crippen LogP contribution is 2.11. The number of hydrogen-bond acceptors (Lipinski definition) is 2. The number of rotatable bonds is 1. The van der Waals surface area contributed by atoms with Crippen molar-refractivity contribution in [1.82, 2.24) is 14.4 Å². The Labute approximate surface area is 70.4 Å². The van der Waals surface area contributed by atoms with Gasteiger partial charge in [-0.15, -0.1) is 0 Å². The third-order valence-electron chi connectivity index (χ3n) is 2.00. The Hall–Kier alpha value is -1.29. The molecule has 0 saturated heterocycles. The van der Waals surface area contributed by atoms with E-state index in [1.54, 1.807) is 0 Å². The Balaban J connectivity index is 2.63. The Morgan fingerprint density at radius 3 is 3.00 bits per heavy atom. The van der Waals surface area contributed by atoms with Gasteiger partial charge in [0, 0.05) is 17.9 Å². The summed E-state index contributed by atoms with van der Waals surface area (Å²) in [5, 5.41) is 0. The van der Waals surface area contributed by atoms with Crippen LogP contribution in [0.4, 0.5) is 0 Å². The van der Waals surface area contributed by atoms with Gasteiger partial charge in [0.05, 0.1) is 11.9 Å². The Morgan fingerprint density at radius 1 is 1.67 bits per heavy atom. The van der Waals surface area contributed by atoms with Gasteiger partial charge in [-0.3, -0.25) is 4.40 Å². The zero-order valence-electron chi connectivity index (χ0n) is 7.20. The van der Waals surface area contributed by atoms with Crippen LogP contribution in [0, 0.1) is 6.92 Å². The summed E-state index contributed by atoms with van der Waals surface area (Å²) in [7, 11) is 0. The maximum Gasteiger partial charge on any atom is 0.211 e. The highest BCUT2D eigenvalue weighted by Gasteiger charge is 2.06. The molecular weight excluding hydrogens is 152 g/mol. The number of fused-ring (bicyclic) bond motifs is 1. The summed E-state index contributed by atoms with van der Waals surface area (Å²) in [6.07, 6.45) is 3.82. The van der Waals surface area contributed by atoms with Crippen molar-refractivity contribution in [3.05, 3.63) is 23.8 Å². The predicted octanol–water partition coefficient (Wildman–Crippen LogP) is 0.991. The van der Waals surface area contributed by atoms with E-state index in [1.165, 1.54) is 0 Å². The standard InChI is InChI=1S/C8H12N4/c1-5-3-10-8-11-7(6(2)9)4-12(5)8/h3-4,6H,9H2,1-2H3,(H,10,11). The number of aromatic amines is 1. The molecule has 0 fully saturated rings. The number of aryl methyl sites for hydroxylation is 1. The van der Waals surface area contributed by atoms with Crippen LogP contribution in [0.25, 0.3) is 5.78 Å². The minimum Gasteiger partial charge on any atom is -0.326 e. The van der Waals surface area contributed by atoms with Crippen molar-refractivity contribution < 1.29 is 0 Å². The van der Waals surface area contributed by atoms with Crippen LogP contribution in [0.1, 0.15) is 24.4 Å². The molecule has 2 aromatic rings. The molecular formula is C8H12N4. The highest BCUT2D eigenvalue weighted by atomic mass is 15.1. The maximum absolute atomic E-state index is 5.71. The van der Waals surface area contributed by atoms with Gasteiger partial charge in [0.1, 0.15) is 0 Å². The Kier molecular flexibility index (Phi) is 1.44. The summed E-state index contributed by atoms with van der Waals surface area (Å²) in [6, 6.07) is 0.0334. The molecule has 64 valence electrons. The van der Waals surface area contributed by atoms with Crippen molar-refractivity contribution in [2.24, 2.45) is 5.73 Å². The molecule has 0 spiro atoms. The minimum absolute atomic E-state index is 0.0334. The monoisotopic (exact) mass is 164 g/mol. The average Bonchev–Trinajstić information content (AvgIpc) is 2.53. The Bertz CT molecular complexity index is 396. The molecule has 1 atom stereocenters. The first-order chi connectivity index (χ1) is 5.68. The van der Waals surface area contributed by atoms with Crippen molar-refractivity contribution in [2.45, 2.75) is 19.9 Å². The van der Waals surface area contributed by atoms with E-state index < -0.39 is 0 Å². The normalized spacial score (nSPS) is 13.9. The quantitative estimate of drug-likeness (QED) is 0.660. The van der Waals surface area contributed by atoms with Crippen molar-refractivity contribution in [3.8, 4) is 0 Å². The van der Waals surface area contributed by atoms with E-state index in [0.29, 0.717) is 0 Å². The lowest BCUT2D eigenvalue weighted by atomic mass is 10.3. The van der Waals surface area contributed by atoms with Crippen molar-refractivity contribution in [2.75, 3.05) is 0 Å². The summed E-state index contributed by atoms with van der Waals surface area (Å²) in [5.41, 5.74) is 7.85. The van der Waals surface area contributed by atoms with Crippen LogP contribution in [-0.2, 0) is 0 Å². The van der Waals surface area contributed by atoms with Gasteiger partial charge in [0.15, 0.2) is 0 Å². The Morgan fingerprint density at radius 2 is 2.42 bits per heavy atom. The molecule has 0 amide bonds. The van der Waals surface area contributed by atoms with E-state index in [1.807, 2.05) is 30.6 Å². The van der Waals surface area contributed by atoms with Crippen molar-refractivity contribution in [3.63, 3.8) is 0 Å². The SMILES string of the molecule is Cc1cnc2[nH]c(C(C)N)cn12. The number of H-pyrrole nitrogens is 1. The summed E-state index contributed by atoms with van der Waals surface area (Å²) in [6.45, 7) is 3.96. The van der Waals surface area contributed by atoms with Gasteiger partial charge in [-0.2, -0.15) is 0 Å². The summed E-state index contributed by atoms with van der Waals surface area (Å²) in [5.74, 6) is 0.861. The number of nitrogens with one attached hydrogen (secondary N) is 1. The average molecular weight is 164 g/mol. The van der Waals surface area contributed by atoms with E-state index in [-0.39, 0.29) is 6.04 Å². The first kappa shape index (κ1) is 7.36. The highest BCUT2D eigenvalue weighted by molar-refractivity contribution is 5.34. The fourth-order valence-electron chi connectivity index (χ4n) is 1.23. The van der Waals surface area contributed by atoms with Gasteiger partial charge in [-0.05, 0) is 13.8 Å². The summed E-state index contributed by atoms with van der Waals surface area (Å²) < 4.78 is 2.00. The van der Waals surface area contributed by atoms with Crippen LogP contribution < -0.4 is 5.73 Å². The van der Waals surface area contributed by atoms with E-state index in [9.17, 15) is 0 Å². The van der Waals surface area contributed by atoms with Crippen molar-refractivity contribution >= 4 is 5.78 Å². The minimum atomic E-state index is 0.0334. The second-order valence-electron chi connectivity index (χ2n) is 3.09. The molecule has 0 aliphatic rings. The lowest BCUT2D eigenvalue weighted by Gasteiger charge is -1.97. The molecule has 2 heterocycles. The third kappa shape index (κ3) is 0.921. The molecule has 12 heavy (non-hydrogen) atoms. The topological polar surface area (TPSA) is 59.1 Å². The zero-order chi connectivity index (χ0) is 8.72. The molecule has 0 aromatic carbocycles. The summed E-state index contributed by atoms with van der Waals surface area (Å²) >= 11 is 0. The van der Waals surface area contributed by atoms with Gasteiger partial charge in [0.2, 0.25) is 5.78 Å². The zero-order valence-corrected chi connectivity index (χ0v) is 7.20. The van der Waals surface area contributed by atoms with Crippen LogP contribution >= 0.6 is 0 Å². The van der Waals surface area contributed by atoms with Gasteiger partial charge >= 0.3 is 0 Å². The van der Waals surface area contributed by atoms with E-state index in [4.69, 9.17) is 5.73 Å².